The first-order valence-electron chi connectivity index (χ1n) is 10.8. The van der Waals surface area contributed by atoms with Gasteiger partial charge in [-0.2, -0.15) is 8.78 Å². The third-order valence-electron chi connectivity index (χ3n) is 5.93. The standard InChI is InChI=1S/C24H16F9N3O2/c1-38-23-20(32)13(25)12(14(26)21(23)33)24(37)34-10-2-4-11(5-3-10)35-6-8-36(9-7-35)22-18(30)16(28)15(27)17(29)19(22)31/h2-5H,6-9H2,1H3,(H,34,37). The maximum atomic E-state index is 14.2. The van der Waals surface area contributed by atoms with Crippen molar-refractivity contribution in [1.82, 2.24) is 0 Å². The fourth-order valence-corrected chi connectivity index (χ4v) is 4.00. The molecule has 0 atom stereocenters. The van der Waals surface area contributed by atoms with Crippen molar-refractivity contribution in [1.29, 1.82) is 0 Å². The normalized spacial score (nSPS) is 13.6. The van der Waals surface area contributed by atoms with Gasteiger partial charge in [0.1, 0.15) is 11.3 Å². The number of carbonyl (C=O) groups is 1. The molecular weight excluding hydrogens is 533 g/mol. The molecule has 0 unspecified atom stereocenters. The number of nitrogens with one attached hydrogen (secondary N) is 1. The van der Waals surface area contributed by atoms with Gasteiger partial charge in [-0.05, 0) is 24.3 Å². The molecule has 202 valence electrons. The highest BCUT2D eigenvalue weighted by Crippen LogP contribution is 2.32. The van der Waals surface area contributed by atoms with E-state index in [1.54, 1.807) is 4.90 Å². The van der Waals surface area contributed by atoms with Crippen LogP contribution in [-0.4, -0.2) is 39.2 Å². The second-order valence-corrected chi connectivity index (χ2v) is 8.06. The van der Waals surface area contributed by atoms with Gasteiger partial charge in [0, 0.05) is 37.6 Å². The summed E-state index contributed by atoms with van der Waals surface area (Å²) in [6.45, 7) is 0.0477. The first-order chi connectivity index (χ1) is 18.0. The zero-order chi connectivity index (χ0) is 27.9. The number of halogens is 9. The van der Waals surface area contributed by atoms with Crippen molar-refractivity contribution in [2.24, 2.45) is 0 Å². The Bertz CT molecular complexity index is 1350. The quantitative estimate of drug-likeness (QED) is 0.259. The van der Waals surface area contributed by atoms with E-state index in [0.717, 1.165) is 12.0 Å². The van der Waals surface area contributed by atoms with Crippen LogP contribution >= 0.6 is 0 Å². The summed E-state index contributed by atoms with van der Waals surface area (Å²) in [6.07, 6.45) is 0. The molecule has 0 saturated carbocycles. The molecule has 0 bridgehead atoms. The highest BCUT2D eigenvalue weighted by Gasteiger charge is 2.32. The predicted octanol–water partition coefficient (Wildman–Crippen LogP) is 5.53. The molecule has 1 amide bonds. The minimum Gasteiger partial charge on any atom is -0.491 e. The lowest BCUT2D eigenvalue weighted by Gasteiger charge is -2.37. The fraction of sp³-hybridized carbons (Fsp3) is 0.208. The van der Waals surface area contributed by atoms with E-state index in [1.165, 1.54) is 24.3 Å². The Labute approximate surface area is 209 Å². The van der Waals surface area contributed by atoms with E-state index >= 15 is 0 Å². The fourth-order valence-electron chi connectivity index (χ4n) is 4.00. The third-order valence-corrected chi connectivity index (χ3v) is 5.93. The maximum absolute atomic E-state index is 14.2. The lowest BCUT2D eigenvalue weighted by molar-refractivity contribution is 0.101. The number of anilines is 3. The minimum absolute atomic E-state index is 0.00854. The van der Waals surface area contributed by atoms with Gasteiger partial charge in [-0.25, -0.2) is 30.7 Å². The number of rotatable bonds is 5. The molecule has 1 aliphatic rings. The number of hydrogen-bond donors (Lipinski definition) is 1. The molecule has 3 aromatic carbocycles. The Kier molecular flexibility index (Phi) is 7.33. The molecule has 0 spiro atoms. The van der Waals surface area contributed by atoms with E-state index in [4.69, 9.17) is 0 Å². The van der Waals surface area contributed by atoms with E-state index in [0.29, 0.717) is 5.69 Å². The molecule has 1 saturated heterocycles. The van der Waals surface area contributed by atoms with Gasteiger partial charge in [0.15, 0.2) is 40.7 Å². The van der Waals surface area contributed by atoms with E-state index in [9.17, 15) is 44.3 Å². The van der Waals surface area contributed by atoms with Crippen LogP contribution in [0.25, 0.3) is 0 Å². The number of methoxy groups -OCH3 is 1. The molecule has 0 aliphatic carbocycles. The van der Waals surface area contributed by atoms with Crippen LogP contribution in [-0.2, 0) is 0 Å². The summed E-state index contributed by atoms with van der Waals surface area (Å²) < 4.78 is 129. The van der Waals surface area contributed by atoms with E-state index in [2.05, 4.69) is 10.1 Å². The van der Waals surface area contributed by atoms with E-state index in [1.807, 2.05) is 0 Å². The summed E-state index contributed by atoms with van der Waals surface area (Å²) >= 11 is 0. The Balaban J connectivity index is 1.46. The lowest BCUT2D eigenvalue weighted by Crippen LogP contribution is -2.47. The second kappa shape index (κ2) is 10.3. The highest BCUT2D eigenvalue weighted by molar-refractivity contribution is 6.04. The molecule has 0 aromatic heterocycles. The summed E-state index contributed by atoms with van der Waals surface area (Å²) in [5.41, 5.74) is -1.98. The van der Waals surface area contributed by atoms with Gasteiger partial charge >= 0.3 is 0 Å². The molecule has 1 N–H and O–H groups in total. The van der Waals surface area contributed by atoms with Gasteiger partial charge in [0.25, 0.3) is 5.91 Å². The molecule has 1 fully saturated rings. The van der Waals surface area contributed by atoms with Crippen LogP contribution < -0.4 is 19.9 Å². The van der Waals surface area contributed by atoms with Gasteiger partial charge < -0.3 is 19.9 Å². The van der Waals surface area contributed by atoms with Gasteiger partial charge in [-0.3, -0.25) is 4.79 Å². The number of nitrogens with zero attached hydrogens (tertiary/aromatic N) is 2. The zero-order valence-corrected chi connectivity index (χ0v) is 19.3. The molecular formula is C24H16F9N3O2. The Morgan fingerprint density at radius 2 is 1.11 bits per heavy atom. The third kappa shape index (κ3) is 4.54. The van der Waals surface area contributed by atoms with Crippen LogP contribution in [0.3, 0.4) is 0 Å². The van der Waals surface area contributed by atoms with Crippen LogP contribution in [0.5, 0.6) is 5.75 Å². The molecule has 3 aromatic rings. The van der Waals surface area contributed by atoms with Crippen molar-refractivity contribution in [2.75, 3.05) is 48.4 Å². The highest BCUT2D eigenvalue weighted by atomic mass is 19.2. The first kappa shape index (κ1) is 26.9. The van der Waals surface area contributed by atoms with Crippen LogP contribution in [0.4, 0.5) is 56.6 Å². The number of amides is 1. The van der Waals surface area contributed by atoms with E-state index < -0.39 is 75.3 Å². The smallest absolute Gasteiger partial charge is 0.261 e. The average Bonchev–Trinajstić information content (AvgIpc) is 2.91. The number of ether oxygens (including phenoxy) is 1. The zero-order valence-electron chi connectivity index (χ0n) is 19.3. The topological polar surface area (TPSA) is 44.8 Å². The summed E-state index contributed by atoms with van der Waals surface area (Å²) in [7, 11) is 0.792. The van der Waals surface area contributed by atoms with Crippen molar-refractivity contribution in [3.8, 4) is 5.75 Å². The first-order valence-corrected chi connectivity index (χ1v) is 10.8. The molecule has 38 heavy (non-hydrogen) atoms. The van der Waals surface area contributed by atoms with E-state index in [-0.39, 0.29) is 31.9 Å². The van der Waals surface area contributed by atoms with Crippen LogP contribution in [0.1, 0.15) is 10.4 Å². The maximum Gasteiger partial charge on any atom is 0.261 e. The molecule has 14 heteroatoms. The molecule has 4 rings (SSSR count). The van der Waals surface area contributed by atoms with Gasteiger partial charge in [0.2, 0.25) is 17.5 Å². The summed E-state index contributed by atoms with van der Waals surface area (Å²) in [4.78, 5) is 15.1. The van der Waals surface area contributed by atoms with Gasteiger partial charge in [0.05, 0.1) is 7.11 Å². The van der Waals surface area contributed by atoms with Crippen molar-refractivity contribution >= 4 is 23.0 Å². The Hall–Kier alpha value is -4.10. The van der Waals surface area contributed by atoms with Crippen LogP contribution in [0.2, 0.25) is 0 Å². The lowest BCUT2D eigenvalue weighted by atomic mass is 10.1. The molecule has 0 radical (unpaired) electrons. The SMILES string of the molecule is COc1c(F)c(F)c(C(=O)Nc2ccc(N3CCN(c4c(F)c(F)c(F)c(F)c4F)CC3)cc2)c(F)c1F. The van der Waals surface area contributed by atoms with Crippen molar-refractivity contribution in [3.63, 3.8) is 0 Å². The predicted molar refractivity (Wildman–Crippen MR) is 118 cm³/mol. The van der Waals surface area contributed by atoms with Crippen molar-refractivity contribution < 1.29 is 49.0 Å². The number of carbonyl (C=O) groups excluding carboxylic acids is 1. The van der Waals surface area contributed by atoms with Crippen molar-refractivity contribution in [3.05, 3.63) is 82.2 Å². The summed E-state index contributed by atoms with van der Waals surface area (Å²) in [5.74, 6) is -20.6. The Morgan fingerprint density at radius 3 is 1.58 bits per heavy atom. The minimum atomic E-state index is -2.25. The second-order valence-electron chi connectivity index (χ2n) is 8.06. The monoisotopic (exact) mass is 549 g/mol. The number of benzene rings is 3. The van der Waals surface area contributed by atoms with Gasteiger partial charge in [-0.15, -0.1) is 0 Å². The van der Waals surface area contributed by atoms with Crippen LogP contribution in [0.15, 0.2) is 24.3 Å². The molecule has 1 heterocycles. The number of piperazine rings is 1. The Morgan fingerprint density at radius 1 is 0.658 bits per heavy atom. The summed E-state index contributed by atoms with van der Waals surface area (Å²) in [6, 6.07) is 5.56. The average molecular weight is 549 g/mol. The summed E-state index contributed by atoms with van der Waals surface area (Å²) in [5, 5.41) is 2.11. The molecule has 5 nitrogen and oxygen atoms in total. The van der Waals surface area contributed by atoms with Crippen molar-refractivity contribution in [2.45, 2.75) is 0 Å². The molecule has 1 aliphatic heterocycles. The largest absolute Gasteiger partial charge is 0.491 e. The number of hydrogen-bond acceptors (Lipinski definition) is 4. The van der Waals surface area contributed by atoms with Crippen LogP contribution in [0, 0.1) is 52.4 Å². The van der Waals surface area contributed by atoms with Gasteiger partial charge in [-0.1, -0.05) is 0 Å².